The van der Waals surface area contributed by atoms with Gasteiger partial charge in [0.15, 0.2) is 11.5 Å². The molecule has 9 heteroatoms. The van der Waals surface area contributed by atoms with E-state index in [4.69, 9.17) is 9.72 Å². The Balaban J connectivity index is 1.89. The summed E-state index contributed by atoms with van der Waals surface area (Å²) in [4.78, 5) is 22.3. The van der Waals surface area contributed by atoms with Crippen LogP contribution in [-0.2, 0) is 4.74 Å². The molecule has 0 amide bonds. The lowest BCUT2D eigenvalue weighted by molar-refractivity contribution is 0.0605. The van der Waals surface area contributed by atoms with Crippen molar-refractivity contribution in [2.24, 2.45) is 0 Å². The fraction of sp³-hybridized carbons (Fsp3) is 0.312. The first-order chi connectivity index (χ1) is 12.0. The molecule has 4 rings (SSSR count). The number of aromatic nitrogens is 6. The summed E-state index contributed by atoms with van der Waals surface area (Å²) < 4.78 is 8.32. The minimum atomic E-state index is -0.362. The molecule has 0 aromatic carbocycles. The van der Waals surface area contributed by atoms with Crippen molar-refractivity contribution in [3.05, 3.63) is 40.5 Å². The molecule has 0 radical (unpaired) electrons. The van der Waals surface area contributed by atoms with E-state index in [9.17, 15) is 4.79 Å². The van der Waals surface area contributed by atoms with Gasteiger partial charge >= 0.3 is 5.97 Å². The second-order valence-electron chi connectivity index (χ2n) is 5.88. The normalized spacial score (nSPS) is 12.8. The summed E-state index contributed by atoms with van der Waals surface area (Å²) in [5.74, 6) is 0.279. The number of hydrogen-bond donors (Lipinski definition) is 0. The number of carbonyl (C=O) groups is 1. The van der Waals surface area contributed by atoms with Gasteiger partial charge in [-0.25, -0.2) is 19.3 Å². The third-order valence-corrected chi connectivity index (χ3v) is 5.34. The van der Waals surface area contributed by atoms with Gasteiger partial charge in [-0.15, -0.1) is 16.4 Å². The maximum atomic E-state index is 11.9. The Morgan fingerprint density at radius 1 is 1.36 bits per heavy atom. The standard InChI is InChI=1S/C16H16N6O2S/c1-8-5-18-21(6-8)10(3)13-19-14-11-9(2)12(16(23)24-4)25-15(11)17-7-22(14)20-13/h5-7,10H,1-4H3. The van der Waals surface area contributed by atoms with Gasteiger partial charge in [0, 0.05) is 6.20 Å². The zero-order chi connectivity index (χ0) is 17.7. The van der Waals surface area contributed by atoms with E-state index in [0.29, 0.717) is 16.3 Å². The van der Waals surface area contributed by atoms with Gasteiger partial charge in [-0.1, -0.05) is 0 Å². The van der Waals surface area contributed by atoms with Gasteiger partial charge in [-0.05, 0) is 31.9 Å². The number of hydrogen-bond acceptors (Lipinski definition) is 7. The summed E-state index contributed by atoms with van der Waals surface area (Å²) in [6, 6.07) is -0.109. The molecule has 0 aliphatic rings. The number of esters is 1. The highest BCUT2D eigenvalue weighted by molar-refractivity contribution is 7.20. The zero-order valence-corrected chi connectivity index (χ0v) is 15.0. The van der Waals surface area contributed by atoms with Crippen LogP contribution in [-0.4, -0.2) is 42.4 Å². The molecule has 8 nitrogen and oxygen atoms in total. The van der Waals surface area contributed by atoms with Crippen LogP contribution in [0.1, 0.15) is 39.6 Å². The summed E-state index contributed by atoms with van der Waals surface area (Å²) >= 11 is 1.30. The molecular formula is C16H16N6O2S. The molecular weight excluding hydrogens is 340 g/mol. The number of fused-ring (bicyclic) bond motifs is 3. The predicted molar refractivity (Wildman–Crippen MR) is 93.0 cm³/mol. The summed E-state index contributed by atoms with van der Waals surface area (Å²) in [5, 5.41) is 9.70. The van der Waals surface area contributed by atoms with Crippen molar-refractivity contribution in [3.63, 3.8) is 0 Å². The molecule has 0 bridgehead atoms. The number of rotatable bonds is 3. The van der Waals surface area contributed by atoms with E-state index in [1.54, 1.807) is 17.0 Å². The quantitative estimate of drug-likeness (QED) is 0.524. The molecule has 0 saturated carbocycles. The smallest absolute Gasteiger partial charge is 0.348 e. The highest BCUT2D eigenvalue weighted by Crippen LogP contribution is 2.32. The first kappa shape index (κ1) is 15.7. The topological polar surface area (TPSA) is 87.2 Å². The molecule has 0 N–H and O–H groups in total. The minimum absolute atomic E-state index is 0.109. The van der Waals surface area contributed by atoms with E-state index in [2.05, 4.69) is 15.2 Å². The minimum Gasteiger partial charge on any atom is -0.465 e. The van der Waals surface area contributed by atoms with Crippen LogP contribution in [0.2, 0.25) is 0 Å². The molecule has 0 spiro atoms. The number of carbonyl (C=O) groups excluding carboxylic acids is 1. The summed E-state index contributed by atoms with van der Waals surface area (Å²) in [6.45, 7) is 5.86. The number of thiophene rings is 1. The Morgan fingerprint density at radius 2 is 2.16 bits per heavy atom. The van der Waals surface area contributed by atoms with Crippen molar-refractivity contribution in [3.8, 4) is 0 Å². The van der Waals surface area contributed by atoms with E-state index >= 15 is 0 Å². The van der Waals surface area contributed by atoms with Crippen molar-refractivity contribution in [2.45, 2.75) is 26.8 Å². The average Bonchev–Trinajstić information content (AvgIpc) is 3.30. The highest BCUT2D eigenvalue weighted by Gasteiger charge is 2.22. The highest BCUT2D eigenvalue weighted by atomic mass is 32.1. The SMILES string of the molecule is COC(=O)c1sc2ncn3nc(C(C)n4cc(C)cn4)nc3c2c1C. The summed E-state index contributed by atoms with van der Waals surface area (Å²) in [7, 11) is 1.37. The van der Waals surface area contributed by atoms with Gasteiger partial charge in [0.05, 0.1) is 18.7 Å². The van der Waals surface area contributed by atoms with Crippen LogP contribution in [0.5, 0.6) is 0 Å². The van der Waals surface area contributed by atoms with Gasteiger partial charge in [0.25, 0.3) is 0 Å². The molecule has 128 valence electrons. The lowest BCUT2D eigenvalue weighted by Gasteiger charge is -2.06. The molecule has 0 aliphatic carbocycles. The first-order valence-electron chi connectivity index (χ1n) is 7.73. The molecule has 4 aromatic rings. The van der Waals surface area contributed by atoms with Crippen LogP contribution in [0.15, 0.2) is 18.7 Å². The summed E-state index contributed by atoms with van der Waals surface area (Å²) in [5.41, 5.74) is 2.57. The van der Waals surface area contributed by atoms with Crippen molar-refractivity contribution in [1.29, 1.82) is 0 Å². The molecule has 1 atom stereocenters. The lowest BCUT2D eigenvalue weighted by atomic mass is 10.2. The van der Waals surface area contributed by atoms with E-state index in [-0.39, 0.29) is 12.0 Å². The number of aryl methyl sites for hydroxylation is 2. The molecule has 0 fully saturated rings. The van der Waals surface area contributed by atoms with Gasteiger partial charge in [-0.2, -0.15) is 5.10 Å². The zero-order valence-electron chi connectivity index (χ0n) is 14.2. The molecule has 25 heavy (non-hydrogen) atoms. The lowest BCUT2D eigenvalue weighted by Crippen LogP contribution is -2.09. The molecule has 4 aromatic heterocycles. The number of methoxy groups -OCH3 is 1. The third-order valence-electron chi connectivity index (χ3n) is 4.16. The fourth-order valence-corrected chi connectivity index (χ4v) is 3.84. The largest absolute Gasteiger partial charge is 0.465 e. The average molecular weight is 356 g/mol. The maximum Gasteiger partial charge on any atom is 0.348 e. The van der Waals surface area contributed by atoms with Crippen molar-refractivity contribution >= 4 is 33.2 Å². The molecule has 1 unspecified atom stereocenters. The van der Waals surface area contributed by atoms with E-state index in [1.165, 1.54) is 18.4 Å². The second-order valence-corrected chi connectivity index (χ2v) is 6.88. The Morgan fingerprint density at radius 3 is 2.84 bits per heavy atom. The van der Waals surface area contributed by atoms with Gasteiger partial charge in [0.1, 0.15) is 22.1 Å². The monoisotopic (exact) mass is 356 g/mol. The summed E-state index contributed by atoms with van der Waals surface area (Å²) in [6.07, 6.45) is 5.37. The Hall–Kier alpha value is -2.81. The van der Waals surface area contributed by atoms with Gasteiger partial charge < -0.3 is 4.74 Å². The van der Waals surface area contributed by atoms with Gasteiger partial charge in [-0.3, -0.25) is 4.68 Å². The maximum absolute atomic E-state index is 11.9. The number of nitrogens with zero attached hydrogens (tertiary/aromatic N) is 6. The van der Waals surface area contributed by atoms with Crippen LogP contribution in [0.4, 0.5) is 0 Å². The molecule has 0 saturated heterocycles. The number of ether oxygens (including phenoxy) is 1. The van der Waals surface area contributed by atoms with Crippen molar-refractivity contribution in [2.75, 3.05) is 7.11 Å². The van der Waals surface area contributed by atoms with Crippen LogP contribution in [0.3, 0.4) is 0 Å². The first-order valence-corrected chi connectivity index (χ1v) is 8.54. The molecule has 0 aliphatic heterocycles. The third kappa shape index (κ3) is 2.39. The second kappa shape index (κ2) is 5.62. The van der Waals surface area contributed by atoms with E-state index in [1.807, 2.05) is 31.6 Å². The fourth-order valence-electron chi connectivity index (χ4n) is 2.78. The van der Waals surface area contributed by atoms with Crippen molar-refractivity contribution < 1.29 is 9.53 Å². The van der Waals surface area contributed by atoms with Crippen LogP contribution in [0.25, 0.3) is 15.9 Å². The predicted octanol–water partition coefficient (Wildman–Crippen LogP) is 2.55. The molecule has 4 heterocycles. The van der Waals surface area contributed by atoms with E-state index in [0.717, 1.165) is 21.3 Å². The van der Waals surface area contributed by atoms with Crippen LogP contribution in [0, 0.1) is 13.8 Å². The van der Waals surface area contributed by atoms with Crippen LogP contribution < -0.4 is 0 Å². The Bertz CT molecular complexity index is 1110. The van der Waals surface area contributed by atoms with Gasteiger partial charge in [0.2, 0.25) is 0 Å². The van der Waals surface area contributed by atoms with E-state index < -0.39 is 0 Å². The van der Waals surface area contributed by atoms with Crippen LogP contribution >= 0.6 is 11.3 Å². The Kier molecular flexibility index (Phi) is 3.53. The Labute approximate surface area is 147 Å². The van der Waals surface area contributed by atoms with Crippen molar-refractivity contribution in [1.82, 2.24) is 29.4 Å².